The van der Waals surface area contributed by atoms with Crippen LogP contribution in [0.5, 0.6) is 0 Å². The molecule has 2 rings (SSSR count). The second-order valence-corrected chi connectivity index (χ2v) is 3.41. The van der Waals surface area contributed by atoms with E-state index >= 15 is 0 Å². The molecule has 1 N–H and O–H groups in total. The monoisotopic (exact) mass is 223 g/mol. The first-order chi connectivity index (χ1) is 7.61. The number of anilines is 1. The van der Waals surface area contributed by atoms with Crippen molar-refractivity contribution in [3.05, 3.63) is 35.9 Å². The van der Waals surface area contributed by atoms with Gasteiger partial charge in [-0.05, 0) is 18.2 Å². The Kier molecular flexibility index (Phi) is 2.60. The maximum atomic E-state index is 13.5. The van der Waals surface area contributed by atoms with E-state index in [1.807, 2.05) is 0 Å². The van der Waals surface area contributed by atoms with Gasteiger partial charge in [0.15, 0.2) is 0 Å². The van der Waals surface area contributed by atoms with Crippen molar-refractivity contribution < 1.29 is 8.78 Å². The molecule has 16 heavy (non-hydrogen) atoms. The minimum Gasteiger partial charge on any atom is -0.372 e. The fourth-order valence-corrected chi connectivity index (χ4v) is 1.54. The molecule has 84 valence electrons. The first-order valence-corrected chi connectivity index (χ1v) is 4.79. The normalized spacial score (nSPS) is 10.5. The van der Waals surface area contributed by atoms with Gasteiger partial charge in [-0.15, -0.1) is 0 Å². The van der Waals surface area contributed by atoms with Crippen molar-refractivity contribution in [1.82, 2.24) is 9.78 Å². The number of benzene rings is 1. The van der Waals surface area contributed by atoms with Crippen LogP contribution in [0.15, 0.2) is 24.3 Å². The highest BCUT2D eigenvalue weighted by molar-refractivity contribution is 5.64. The number of nitrogens with one attached hydrogen (secondary N) is 1. The molecule has 1 aromatic heterocycles. The first-order valence-electron chi connectivity index (χ1n) is 4.79. The van der Waals surface area contributed by atoms with Gasteiger partial charge in [0.05, 0.1) is 5.69 Å². The number of aryl methyl sites for hydroxylation is 1. The van der Waals surface area contributed by atoms with E-state index < -0.39 is 11.6 Å². The molecule has 0 aliphatic rings. The molecule has 0 amide bonds. The van der Waals surface area contributed by atoms with Crippen molar-refractivity contribution in [2.75, 3.05) is 12.4 Å². The fraction of sp³-hybridized carbons (Fsp3) is 0.182. The van der Waals surface area contributed by atoms with Gasteiger partial charge in [0.1, 0.15) is 17.5 Å². The zero-order valence-corrected chi connectivity index (χ0v) is 8.96. The lowest BCUT2D eigenvalue weighted by Gasteiger charge is -2.03. The van der Waals surface area contributed by atoms with E-state index in [1.165, 1.54) is 4.68 Å². The molecule has 5 heteroatoms. The Morgan fingerprint density at radius 1 is 1.25 bits per heavy atom. The van der Waals surface area contributed by atoms with Gasteiger partial charge >= 0.3 is 0 Å². The van der Waals surface area contributed by atoms with Crippen molar-refractivity contribution in [3.63, 3.8) is 0 Å². The van der Waals surface area contributed by atoms with E-state index in [1.54, 1.807) is 20.2 Å². The third-order valence-corrected chi connectivity index (χ3v) is 2.34. The Morgan fingerprint density at radius 2 is 2.00 bits per heavy atom. The van der Waals surface area contributed by atoms with Crippen LogP contribution in [0.2, 0.25) is 0 Å². The summed E-state index contributed by atoms with van der Waals surface area (Å²) in [4.78, 5) is 0. The molecule has 1 heterocycles. The lowest BCUT2D eigenvalue weighted by atomic mass is 10.1. The van der Waals surface area contributed by atoms with Crippen molar-refractivity contribution in [2.24, 2.45) is 7.05 Å². The number of rotatable bonds is 2. The average molecular weight is 223 g/mol. The lowest BCUT2D eigenvalue weighted by Crippen LogP contribution is -1.96. The van der Waals surface area contributed by atoms with E-state index in [4.69, 9.17) is 0 Å². The zero-order valence-electron chi connectivity index (χ0n) is 8.96. The molecule has 0 fully saturated rings. The van der Waals surface area contributed by atoms with Crippen LogP contribution in [-0.4, -0.2) is 16.8 Å². The third-order valence-electron chi connectivity index (χ3n) is 2.34. The Hall–Kier alpha value is -1.91. The van der Waals surface area contributed by atoms with Crippen molar-refractivity contribution >= 4 is 5.82 Å². The summed E-state index contributed by atoms with van der Waals surface area (Å²) in [6.45, 7) is 0. The standard InChI is InChI=1S/C11H11F2N3/c1-14-11-6-10(16(2)15-11)8-5-7(12)3-4-9(8)13/h3-6H,1-2H3,(H,14,15). The van der Waals surface area contributed by atoms with Gasteiger partial charge in [-0.25, -0.2) is 8.78 Å². The predicted octanol–water partition coefficient (Wildman–Crippen LogP) is 2.41. The molecule has 0 atom stereocenters. The Labute approximate surface area is 91.7 Å². The van der Waals surface area contributed by atoms with Gasteiger partial charge in [0.25, 0.3) is 0 Å². The summed E-state index contributed by atoms with van der Waals surface area (Å²) in [6.07, 6.45) is 0. The van der Waals surface area contributed by atoms with E-state index in [-0.39, 0.29) is 5.56 Å². The highest BCUT2D eigenvalue weighted by Crippen LogP contribution is 2.25. The largest absolute Gasteiger partial charge is 0.372 e. The molecule has 0 bridgehead atoms. The third kappa shape index (κ3) is 1.76. The van der Waals surface area contributed by atoms with Crippen LogP contribution >= 0.6 is 0 Å². The number of hydrogen-bond donors (Lipinski definition) is 1. The van der Waals surface area contributed by atoms with Gasteiger partial charge < -0.3 is 5.32 Å². The summed E-state index contributed by atoms with van der Waals surface area (Å²) in [5.41, 5.74) is 0.734. The van der Waals surface area contributed by atoms with Crippen molar-refractivity contribution in [3.8, 4) is 11.3 Å². The van der Waals surface area contributed by atoms with E-state index in [2.05, 4.69) is 10.4 Å². The van der Waals surface area contributed by atoms with Crippen LogP contribution in [0.25, 0.3) is 11.3 Å². The zero-order chi connectivity index (χ0) is 11.7. The molecule has 0 unspecified atom stereocenters. The van der Waals surface area contributed by atoms with Gasteiger partial charge in [-0.1, -0.05) is 0 Å². The van der Waals surface area contributed by atoms with E-state index in [0.717, 1.165) is 18.2 Å². The second kappa shape index (κ2) is 3.92. The van der Waals surface area contributed by atoms with Gasteiger partial charge in [-0.3, -0.25) is 4.68 Å². The maximum absolute atomic E-state index is 13.5. The highest BCUT2D eigenvalue weighted by Gasteiger charge is 2.11. The van der Waals surface area contributed by atoms with Crippen LogP contribution in [-0.2, 0) is 7.05 Å². The highest BCUT2D eigenvalue weighted by atomic mass is 19.1. The SMILES string of the molecule is CNc1cc(-c2cc(F)ccc2F)n(C)n1. The quantitative estimate of drug-likeness (QED) is 0.847. The van der Waals surface area contributed by atoms with E-state index in [0.29, 0.717) is 11.5 Å². The number of hydrogen-bond acceptors (Lipinski definition) is 2. The van der Waals surface area contributed by atoms with Crippen molar-refractivity contribution in [1.29, 1.82) is 0 Å². The molecule has 2 aromatic rings. The fourth-order valence-electron chi connectivity index (χ4n) is 1.54. The molecular formula is C11H11F2N3. The lowest BCUT2D eigenvalue weighted by molar-refractivity contribution is 0.601. The maximum Gasteiger partial charge on any atom is 0.148 e. The average Bonchev–Trinajstić information content (AvgIpc) is 2.63. The topological polar surface area (TPSA) is 29.9 Å². The number of aromatic nitrogens is 2. The Morgan fingerprint density at radius 3 is 2.62 bits per heavy atom. The Bertz CT molecular complexity index is 520. The summed E-state index contributed by atoms with van der Waals surface area (Å²) in [6, 6.07) is 5.02. The second-order valence-electron chi connectivity index (χ2n) is 3.41. The Balaban J connectivity index is 2.57. The number of halogens is 2. The van der Waals surface area contributed by atoms with Crippen molar-refractivity contribution in [2.45, 2.75) is 0 Å². The van der Waals surface area contributed by atoms with Crippen LogP contribution in [0, 0.1) is 11.6 Å². The van der Waals surface area contributed by atoms with E-state index in [9.17, 15) is 8.78 Å². The predicted molar refractivity (Wildman–Crippen MR) is 58.1 cm³/mol. The molecule has 0 aliphatic heterocycles. The smallest absolute Gasteiger partial charge is 0.148 e. The summed E-state index contributed by atoms with van der Waals surface area (Å²) >= 11 is 0. The van der Waals surface area contributed by atoms with Gasteiger partial charge in [-0.2, -0.15) is 5.10 Å². The van der Waals surface area contributed by atoms with Crippen LogP contribution in [0.4, 0.5) is 14.6 Å². The first kappa shape index (κ1) is 10.6. The van der Waals surface area contributed by atoms with Crippen LogP contribution in [0.3, 0.4) is 0 Å². The van der Waals surface area contributed by atoms with Gasteiger partial charge in [0, 0.05) is 25.7 Å². The molecule has 1 aromatic carbocycles. The minimum absolute atomic E-state index is 0.205. The summed E-state index contributed by atoms with van der Waals surface area (Å²) in [7, 11) is 3.40. The molecule has 0 saturated heterocycles. The number of nitrogens with zero attached hydrogens (tertiary/aromatic N) is 2. The molecule has 3 nitrogen and oxygen atoms in total. The minimum atomic E-state index is -0.469. The molecule has 0 spiro atoms. The van der Waals surface area contributed by atoms with Crippen LogP contribution < -0.4 is 5.32 Å². The molecule has 0 saturated carbocycles. The summed E-state index contributed by atoms with van der Waals surface area (Å²) in [5, 5.41) is 6.94. The summed E-state index contributed by atoms with van der Waals surface area (Å²) in [5.74, 6) is -0.322. The molecule has 0 radical (unpaired) electrons. The molecular weight excluding hydrogens is 212 g/mol. The van der Waals surface area contributed by atoms with Gasteiger partial charge in [0.2, 0.25) is 0 Å². The molecule has 0 aliphatic carbocycles. The summed E-state index contributed by atoms with van der Waals surface area (Å²) < 4.78 is 28.1. The van der Waals surface area contributed by atoms with Crippen LogP contribution in [0.1, 0.15) is 0 Å².